The van der Waals surface area contributed by atoms with Crippen LogP contribution < -0.4 is 5.32 Å². The molecule has 5 heteroatoms. The molecule has 0 aliphatic carbocycles. The number of likely N-dealkylation sites (tertiary alicyclic amines) is 1. The summed E-state index contributed by atoms with van der Waals surface area (Å²) in [5, 5.41) is 3.32. The highest BCUT2D eigenvalue weighted by atomic mass is 16.5. The summed E-state index contributed by atoms with van der Waals surface area (Å²) >= 11 is 0. The Morgan fingerprint density at radius 3 is 2.79 bits per heavy atom. The topological polar surface area (TPSA) is 50.8 Å². The van der Waals surface area contributed by atoms with Gasteiger partial charge in [0.2, 0.25) is 0 Å². The molecule has 19 heavy (non-hydrogen) atoms. The normalized spacial score (nSPS) is 23.3. The molecule has 1 rings (SSSR count). The van der Waals surface area contributed by atoms with E-state index in [4.69, 9.17) is 9.47 Å². The molecular formula is C14H28N2O3. The van der Waals surface area contributed by atoms with Crippen molar-refractivity contribution >= 4 is 5.97 Å². The predicted molar refractivity (Wildman–Crippen MR) is 75.1 cm³/mol. The van der Waals surface area contributed by atoms with Crippen molar-refractivity contribution < 1.29 is 14.3 Å². The predicted octanol–water partition coefficient (Wildman–Crippen LogP) is 0.886. The second-order valence-corrected chi connectivity index (χ2v) is 5.60. The minimum atomic E-state index is -0.618. The summed E-state index contributed by atoms with van der Waals surface area (Å²) in [6, 6.07) is 0. The van der Waals surface area contributed by atoms with E-state index in [0.717, 1.165) is 39.1 Å². The van der Waals surface area contributed by atoms with E-state index in [1.807, 2.05) is 6.92 Å². The molecule has 0 saturated carbocycles. The fourth-order valence-electron chi connectivity index (χ4n) is 2.69. The molecule has 1 aliphatic heterocycles. The lowest BCUT2D eigenvalue weighted by atomic mass is 10.0. The summed E-state index contributed by atoms with van der Waals surface area (Å²) < 4.78 is 10.1. The Labute approximate surface area is 116 Å². The van der Waals surface area contributed by atoms with Crippen LogP contribution in [-0.2, 0) is 14.3 Å². The molecule has 0 aromatic heterocycles. The van der Waals surface area contributed by atoms with Crippen molar-refractivity contribution in [2.75, 3.05) is 47.0 Å². The van der Waals surface area contributed by atoms with Crippen LogP contribution in [0, 0.1) is 5.92 Å². The molecule has 0 radical (unpaired) electrons. The lowest BCUT2D eigenvalue weighted by Gasteiger charge is -2.32. The van der Waals surface area contributed by atoms with Gasteiger partial charge in [-0.3, -0.25) is 4.79 Å². The average Bonchev–Trinajstić information content (AvgIpc) is 2.83. The van der Waals surface area contributed by atoms with Gasteiger partial charge in [-0.2, -0.15) is 0 Å². The van der Waals surface area contributed by atoms with Gasteiger partial charge in [0.25, 0.3) is 0 Å². The summed E-state index contributed by atoms with van der Waals surface area (Å²) in [7, 11) is 3.19. The van der Waals surface area contributed by atoms with Crippen LogP contribution in [-0.4, -0.2) is 63.4 Å². The molecule has 0 spiro atoms. The molecule has 2 atom stereocenters. The number of ether oxygens (including phenoxy) is 2. The second kappa shape index (κ2) is 7.82. The maximum absolute atomic E-state index is 12.0. The largest absolute Gasteiger partial charge is 0.468 e. The van der Waals surface area contributed by atoms with Crippen LogP contribution >= 0.6 is 0 Å². The van der Waals surface area contributed by atoms with Gasteiger partial charge in [-0.1, -0.05) is 6.92 Å². The summed E-state index contributed by atoms with van der Waals surface area (Å²) in [6.07, 6.45) is 2.14. The zero-order chi connectivity index (χ0) is 14.3. The molecule has 1 saturated heterocycles. The molecule has 1 heterocycles. The van der Waals surface area contributed by atoms with E-state index in [0.29, 0.717) is 12.5 Å². The zero-order valence-electron chi connectivity index (χ0n) is 12.7. The first-order valence-corrected chi connectivity index (χ1v) is 7.10. The first-order chi connectivity index (χ1) is 9.05. The molecule has 112 valence electrons. The third-order valence-corrected chi connectivity index (χ3v) is 3.71. The Morgan fingerprint density at radius 2 is 2.21 bits per heavy atom. The van der Waals surface area contributed by atoms with E-state index < -0.39 is 5.54 Å². The van der Waals surface area contributed by atoms with Crippen molar-refractivity contribution in [2.24, 2.45) is 5.92 Å². The van der Waals surface area contributed by atoms with Gasteiger partial charge in [0.05, 0.1) is 13.7 Å². The number of hydrogen-bond acceptors (Lipinski definition) is 5. The van der Waals surface area contributed by atoms with E-state index >= 15 is 0 Å². The molecule has 0 aromatic carbocycles. The molecule has 1 N–H and O–H groups in total. The van der Waals surface area contributed by atoms with E-state index in [-0.39, 0.29) is 5.97 Å². The summed E-state index contributed by atoms with van der Waals surface area (Å²) in [5.74, 6) is 0.397. The fourth-order valence-corrected chi connectivity index (χ4v) is 2.69. The Bertz CT molecular complexity index is 286. The van der Waals surface area contributed by atoms with Crippen molar-refractivity contribution in [2.45, 2.75) is 32.2 Å². The molecular weight excluding hydrogens is 244 g/mol. The maximum atomic E-state index is 12.0. The molecule has 1 aliphatic rings. The fraction of sp³-hybridized carbons (Fsp3) is 0.929. The SMILES string of the molecule is CCCNC(C)(CN1CCC(COC)C1)C(=O)OC. The first kappa shape index (κ1) is 16.4. The van der Waals surface area contributed by atoms with Crippen molar-refractivity contribution in [3.63, 3.8) is 0 Å². The van der Waals surface area contributed by atoms with Gasteiger partial charge in [-0.15, -0.1) is 0 Å². The lowest BCUT2D eigenvalue weighted by molar-refractivity contribution is -0.148. The minimum absolute atomic E-state index is 0.184. The molecule has 0 amide bonds. The summed E-state index contributed by atoms with van der Waals surface area (Å²) in [4.78, 5) is 14.3. The Hall–Kier alpha value is -0.650. The monoisotopic (exact) mass is 272 g/mol. The molecule has 5 nitrogen and oxygen atoms in total. The summed E-state index contributed by atoms with van der Waals surface area (Å²) in [5.41, 5.74) is -0.618. The number of carbonyl (C=O) groups is 1. The number of nitrogens with zero attached hydrogens (tertiary/aromatic N) is 1. The van der Waals surface area contributed by atoms with Crippen LogP contribution in [0.2, 0.25) is 0 Å². The maximum Gasteiger partial charge on any atom is 0.327 e. The van der Waals surface area contributed by atoms with Crippen molar-refractivity contribution in [3.8, 4) is 0 Å². The van der Waals surface area contributed by atoms with Crippen molar-refractivity contribution in [3.05, 3.63) is 0 Å². The zero-order valence-corrected chi connectivity index (χ0v) is 12.7. The Morgan fingerprint density at radius 1 is 1.47 bits per heavy atom. The highest BCUT2D eigenvalue weighted by Crippen LogP contribution is 2.19. The lowest BCUT2D eigenvalue weighted by Crippen LogP contribution is -2.57. The number of methoxy groups -OCH3 is 2. The van der Waals surface area contributed by atoms with Crippen LogP contribution in [0.5, 0.6) is 0 Å². The average molecular weight is 272 g/mol. The van der Waals surface area contributed by atoms with Crippen LogP contribution in [0.15, 0.2) is 0 Å². The standard InChI is InChI=1S/C14H28N2O3/c1-5-7-15-14(2,13(17)19-4)11-16-8-6-12(9-16)10-18-3/h12,15H,5-11H2,1-4H3. The van der Waals surface area contributed by atoms with Gasteiger partial charge >= 0.3 is 5.97 Å². The molecule has 0 bridgehead atoms. The number of rotatable bonds is 8. The highest BCUT2D eigenvalue weighted by Gasteiger charge is 2.37. The van der Waals surface area contributed by atoms with E-state index in [1.54, 1.807) is 7.11 Å². The molecule has 0 aromatic rings. The van der Waals surface area contributed by atoms with E-state index in [1.165, 1.54) is 7.11 Å². The van der Waals surface area contributed by atoms with Gasteiger partial charge in [0.1, 0.15) is 5.54 Å². The summed E-state index contributed by atoms with van der Waals surface area (Å²) in [6.45, 7) is 8.35. The third-order valence-electron chi connectivity index (χ3n) is 3.71. The Balaban J connectivity index is 2.55. The number of hydrogen-bond donors (Lipinski definition) is 1. The van der Waals surface area contributed by atoms with Gasteiger partial charge in [-0.05, 0) is 38.8 Å². The van der Waals surface area contributed by atoms with Crippen LogP contribution in [0.3, 0.4) is 0 Å². The van der Waals surface area contributed by atoms with Crippen molar-refractivity contribution in [1.82, 2.24) is 10.2 Å². The first-order valence-electron chi connectivity index (χ1n) is 7.10. The van der Waals surface area contributed by atoms with E-state index in [2.05, 4.69) is 17.1 Å². The molecule has 1 fully saturated rings. The van der Waals surface area contributed by atoms with Gasteiger partial charge in [0, 0.05) is 20.2 Å². The third kappa shape index (κ3) is 4.75. The van der Waals surface area contributed by atoms with Crippen molar-refractivity contribution in [1.29, 1.82) is 0 Å². The minimum Gasteiger partial charge on any atom is -0.468 e. The number of esters is 1. The number of nitrogens with one attached hydrogen (secondary N) is 1. The van der Waals surface area contributed by atoms with Crippen LogP contribution in [0.4, 0.5) is 0 Å². The smallest absolute Gasteiger partial charge is 0.327 e. The Kier molecular flexibility index (Phi) is 6.75. The van der Waals surface area contributed by atoms with Gasteiger partial charge in [0.15, 0.2) is 0 Å². The quantitative estimate of drug-likeness (QED) is 0.665. The van der Waals surface area contributed by atoms with Gasteiger partial charge in [-0.25, -0.2) is 0 Å². The van der Waals surface area contributed by atoms with Crippen LogP contribution in [0.25, 0.3) is 0 Å². The number of carbonyl (C=O) groups excluding carboxylic acids is 1. The molecule has 2 unspecified atom stereocenters. The van der Waals surface area contributed by atoms with Crippen LogP contribution in [0.1, 0.15) is 26.7 Å². The highest BCUT2D eigenvalue weighted by molar-refractivity contribution is 5.80. The second-order valence-electron chi connectivity index (χ2n) is 5.60. The van der Waals surface area contributed by atoms with E-state index in [9.17, 15) is 4.79 Å². The van der Waals surface area contributed by atoms with Gasteiger partial charge < -0.3 is 19.7 Å².